The number of anilines is 1. The highest BCUT2D eigenvalue weighted by atomic mass is 32.1. The number of nitrogens with one attached hydrogen (secondary N) is 1. The minimum atomic E-state index is 0.846. The first-order chi connectivity index (χ1) is 9.19. The maximum absolute atomic E-state index is 4.38. The van der Waals surface area contributed by atoms with Crippen molar-refractivity contribution < 1.29 is 0 Å². The smallest absolute Gasteiger partial charge is 0.182 e. The summed E-state index contributed by atoms with van der Waals surface area (Å²) in [6.07, 6.45) is 6.89. The van der Waals surface area contributed by atoms with Gasteiger partial charge >= 0.3 is 0 Å². The second kappa shape index (κ2) is 6.68. The van der Waals surface area contributed by atoms with Gasteiger partial charge in [0.05, 0.1) is 6.54 Å². The molecule has 1 N–H and O–H groups in total. The zero-order valence-corrected chi connectivity index (χ0v) is 12.6. The first kappa shape index (κ1) is 14.0. The molecule has 0 saturated carbocycles. The number of hydrogen-bond donors (Lipinski definition) is 1. The van der Waals surface area contributed by atoms with Gasteiger partial charge in [-0.15, -0.1) is 11.3 Å². The van der Waals surface area contributed by atoms with Crippen LogP contribution < -0.4 is 5.32 Å². The van der Waals surface area contributed by atoms with Crippen LogP contribution in [0.3, 0.4) is 0 Å². The maximum Gasteiger partial charge on any atom is 0.182 e. The number of hydrogen-bond acceptors (Lipinski definition) is 5. The maximum atomic E-state index is 4.38. The van der Waals surface area contributed by atoms with Crippen molar-refractivity contribution in [2.45, 2.75) is 26.4 Å². The molecule has 0 bridgehead atoms. The van der Waals surface area contributed by atoms with Crippen LogP contribution in [0.1, 0.15) is 24.0 Å². The zero-order valence-electron chi connectivity index (χ0n) is 11.8. The number of aryl methyl sites for hydroxylation is 1. The van der Waals surface area contributed by atoms with Crippen LogP contribution in [-0.4, -0.2) is 33.0 Å². The largest absolute Gasteiger partial charge is 0.362 e. The van der Waals surface area contributed by atoms with Gasteiger partial charge in [-0.05, 0) is 13.5 Å². The quantitative estimate of drug-likeness (QED) is 0.845. The Hall–Kier alpha value is -1.40. The molecule has 0 saturated heterocycles. The summed E-state index contributed by atoms with van der Waals surface area (Å²) in [7, 11) is 4.13. The van der Waals surface area contributed by atoms with Gasteiger partial charge in [-0.2, -0.15) is 0 Å². The van der Waals surface area contributed by atoms with Gasteiger partial charge in [-0.25, -0.2) is 9.97 Å². The van der Waals surface area contributed by atoms with Crippen molar-refractivity contribution in [3.05, 3.63) is 29.3 Å². The molecule has 0 aromatic carbocycles. The molecule has 2 aromatic heterocycles. The lowest BCUT2D eigenvalue weighted by molar-refractivity contribution is 0.309. The van der Waals surface area contributed by atoms with Gasteiger partial charge in [0.1, 0.15) is 5.82 Å². The SMILES string of the molecule is CCCNc1ncc(CN(C)Cc2nccn2C)s1. The van der Waals surface area contributed by atoms with E-state index in [1.54, 1.807) is 11.3 Å². The molecule has 0 spiro atoms. The van der Waals surface area contributed by atoms with Crippen molar-refractivity contribution >= 4 is 16.5 Å². The Bertz CT molecular complexity index is 505. The molecule has 104 valence electrons. The van der Waals surface area contributed by atoms with Crippen LogP contribution in [0.5, 0.6) is 0 Å². The molecular formula is C13H21N5S. The van der Waals surface area contributed by atoms with Crippen LogP contribution in [0.25, 0.3) is 0 Å². The number of rotatable bonds is 7. The van der Waals surface area contributed by atoms with Crippen molar-refractivity contribution in [1.82, 2.24) is 19.4 Å². The molecule has 0 fully saturated rings. The van der Waals surface area contributed by atoms with E-state index in [1.165, 1.54) is 4.88 Å². The zero-order chi connectivity index (χ0) is 13.7. The fourth-order valence-electron chi connectivity index (χ4n) is 1.81. The van der Waals surface area contributed by atoms with E-state index in [0.29, 0.717) is 0 Å². The minimum Gasteiger partial charge on any atom is -0.362 e. The van der Waals surface area contributed by atoms with Gasteiger partial charge in [-0.3, -0.25) is 4.90 Å². The van der Waals surface area contributed by atoms with Gasteiger partial charge in [-0.1, -0.05) is 6.92 Å². The number of aromatic nitrogens is 3. The molecular weight excluding hydrogens is 258 g/mol. The van der Waals surface area contributed by atoms with Gasteiger partial charge in [0.2, 0.25) is 0 Å². The van der Waals surface area contributed by atoms with Crippen molar-refractivity contribution in [2.75, 3.05) is 18.9 Å². The average molecular weight is 279 g/mol. The Morgan fingerprint density at radius 1 is 1.37 bits per heavy atom. The lowest BCUT2D eigenvalue weighted by Gasteiger charge is -2.14. The lowest BCUT2D eigenvalue weighted by atomic mass is 10.4. The van der Waals surface area contributed by atoms with E-state index in [1.807, 2.05) is 25.6 Å². The minimum absolute atomic E-state index is 0.846. The molecule has 2 rings (SSSR count). The lowest BCUT2D eigenvalue weighted by Crippen LogP contribution is -2.18. The van der Waals surface area contributed by atoms with E-state index in [0.717, 1.165) is 37.0 Å². The summed E-state index contributed by atoms with van der Waals surface area (Å²) in [4.78, 5) is 12.2. The summed E-state index contributed by atoms with van der Waals surface area (Å²) in [6.45, 7) is 4.88. The number of nitrogens with zero attached hydrogens (tertiary/aromatic N) is 4. The second-order valence-electron chi connectivity index (χ2n) is 4.69. The molecule has 19 heavy (non-hydrogen) atoms. The summed E-state index contributed by atoms with van der Waals surface area (Å²) < 4.78 is 2.05. The third-order valence-electron chi connectivity index (χ3n) is 2.84. The number of thiazole rings is 1. The summed E-state index contributed by atoms with van der Waals surface area (Å²) >= 11 is 1.73. The fourth-order valence-corrected chi connectivity index (χ4v) is 2.72. The summed E-state index contributed by atoms with van der Waals surface area (Å²) in [6, 6.07) is 0. The first-order valence-corrected chi connectivity index (χ1v) is 7.34. The van der Waals surface area contributed by atoms with E-state index >= 15 is 0 Å². The summed E-state index contributed by atoms with van der Waals surface area (Å²) in [5, 5.41) is 4.33. The highest BCUT2D eigenvalue weighted by molar-refractivity contribution is 7.15. The molecule has 0 aliphatic heterocycles. The molecule has 0 aliphatic rings. The van der Waals surface area contributed by atoms with Crippen LogP contribution in [0.2, 0.25) is 0 Å². The van der Waals surface area contributed by atoms with Crippen LogP contribution in [0.4, 0.5) is 5.13 Å². The van der Waals surface area contributed by atoms with Crippen molar-refractivity contribution in [3.63, 3.8) is 0 Å². The number of imidazole rings is 1. The molecule has 0 unspecified atom stereocenters. The fraction of sp³-hybridized carbons (Fsp3) is 0.538. The molecule has 0 amide bonds. The standard InChI is InChI=1S/C13H21N5S/c1-4-5-15-13-16-8-11(19-13)9-17(2)10-12-14-6-7-18(12)3/h6-8H,4-5,9-10H2,1-3H3,(H,15,16). The van der Waals surface area contributed by atoms with Crippen molar-refractivity contribution in [2.24, 2.45) is 7.05 Å². The Kier molecular flexibility index (Phi) is 4.93. The second-order valence-corrected chi connectivity index (χ2v) is 5.80. The van der Waals surface area contributed by atoms with E-state index in [4.69, 9.17) is 0 Å². The topological polar surface area (TPSA) is 46.0 Å². The molecule has 2 heterocycles. The van der Waals surface area contributed by atoms with Gasteiger partial charge in [0.15, 0.2) is 5.13 Å². The summed E-state index contributed by atoms with van der Waals surface area (Å²) in [5.74, 6) is 1.08. The predicted octanol–water partition coefficient (Wildman–Crippen LogP) is 2.33. The van der Waals surface area contributed by atoms with Gasteiger partial charge < -0.3 is 9.88 Å². The van der Waals surface area contributed by atoms with E-state index < -0.39 is 0 Å². The van der Waals surface area contributed by atoms with Gasteiger partial charge in [0, 0.05) is 43.6 Å². The molecule has 0 aliphatic carbocycles. The summed E-state index contributed by atoms with van der Waals surface area (Å²) in [5.41, 5.74) is 0. The Morgan fingerprint density at radius 3 is 2.89 bits per heavy atom. The van der Waals surface area contributed by atoms with E-state index in [9.17, 15) is 0 Å². The third-order valence-corrected chi connectivity index (χ3v) is 3.78. The average Bonchev–Trinajstić information content (AvgIpc) is 2.97. The molecule has 5 nitrogen and oxygen atoms in total. The van der Waals surface area contributed by atoms with Crippen LogP contribution in [0, 0.1) is 0 Å². The Labute approximate surface area is 118 Å². The van der Waals surface area contributed by atoms with Crippen LogP contribution >= 0.6 is 11.3 Å². The third kappa shape index (κ3) is 4.04. The Morgan fingerprint density at radius 2 is 2.21 bits per heavy atom. The van der Waals surface area contributed by atoms with Crippen LogP contribution in [-0.2, 0) is 20.1 Å². The predicted molar refractivity (Wildman–Crippen MR) is 79.3 cm³/mol. The monoisotopic (exact) mass is 279 g/mol. The van der Waals surface area contributed by atoms with Crippen LogP contribution in [0.15, 0.2) is 18.6 Å². The normalized spacial score (nSPS) is 11.2. The first-order valence-electron chi connectivity index (χ1n) is 6.52. The highest BCUT2D eigenvalue weighted by Crippen LogP contribution is 2.19. The van der Waals surface area contributed by atoms with E-state index in [-0.39, 0.29) is 0 Å². The van der Waals surface area contributed by atoms with E-state index in [2.05, 4.69) is 38.7 Å². The molecule has 6 heteroatoms. The Balaban J connectivity index is 1.86. The molecule has 0 radical (unpaired) electrons. The highest BCUT2D eigenvalue weighted by Gasteiger charge is 2.08. The molecule has 2 aromatic rings. The van der Waals surface area contributed by atoms with Crippen molar-refractivity contribution in [1.29, 1.82) is 0 Å². The van der Waals surface area contributed by atoms with Gasteiger partial charge in [0.25, 0.3) is 0 Å². The van der Waals surface area contributed by atoms with Crippen molar-refractivity contribution in [3.8, 4) is 0 Å². The molecule has 0 atom stereocenters.